The molecule has 8 nitrogen and oxygen atoms in total. The fraction of sp³-hybridized carbons (Fsp3) is 0.667. The van der Waals surface area contributed by atoms with Crippen molar-refractivity contribution in [3.63, 3.8) is 0 Å². The van der Waals surface area contributed by atoms with Crippen LogP contribution in [0, 0.1) is 0 Å². The van der Waals surface area contributed by atoms with Gasteiger partial charge in [-0.1, -0.05) is 15.9 Å². The maximum atomic E-state index is 11.7. The number of hydrogen-bond acceptors (Lipinski definition) is 6. The molecule has 0 aromatic carbocycles. The molecule has 0 unspecified atom stereocenters. The van der Waals surface area contributed by atoms with E-state index < -0.39 is 43.3 Å². The van der Waals surface area contributed by atoms with Crippen LogP contribution in [0.5, 0.6) is 0 Å². The van der Waals surface area contributed by atoms with Crippen LogP contribution >= 0.6 is 15.9 Å². The van der Waals surface area contributed by atoms with Gasteiger partial charge < -0.3 is 31.1 Å². The average Bonchev–Trinajstić information content (AvgIpc) is 2.61. The first-order chi connectivity index (χ1) is 8.45. The lowest BCUT2D eigenvalue weighted by molar-refractivity contribution is -0.0661. The molecular weight excluding hydrogens is 310 g/mol. The number of aliphatic hydroxyl groups excluding tert-OH is 3. The number of urea groups is 1. The lowest BCUT2D eigenvalue weighted by Gasteiger charge is -2.32. The highest BCUT2D eigenvalue weighted by Crippen LogP contribution is 2.27. The number of ether oxygens (including phenoxy) is 1. The summed E-state index contributed by atoms with van der Waals surface area (Å²) in [6, 6.07) is -0.555. The lowest BCUT2D eigenvalue weighted by atomic mass is 10.1. The van der Waals surface area contributed by atoms with Crippen molar-refractivity contribution >= 4 is 22.0 Å². The van der Waals surface area contributed by atoms with Crippen LogP contribution in [0.1, 0.15) is 0 Å². The summed E-state index contributed by atoms with van der Waals surface area (Å²) in [5.74, 6) is 0. The first kappa shape index (κ1) is 13.7. The van der Waals surface area contributed by atoms with E-state index in [-0.39, 0.29) is 0 Å². The van der Waals surface area contributed by atoms with E-state index in [0.717, 1.165) is 4.90 Å². The van der Waals surface area contributed by atoms with Gasteiger partial charge in [-0.25, -0.2) is 4.79 Å². The van der Waals surface area contributed by atoms with E-state index in [4.69, 9.17) is 15.6 Å². The summed E-state index contributed by atoms with van der Waals surface area (Å²) in [5, 5.41) is 30.8. The summed E-state index contributed by atoms with van der Waals surface area (Å²) in [4.78, 5) is 12.8. The molecule has 9 heteroatoms. The second-order valence-electron chi connectivity index (χ2n) is 4.08. The van der Waals surface area contributed by atoms with Gasteiger partial charge in [0.2, 0.25) is 0 Å². The summed E-state index contributed by atoms with van der Waals surface area (Å²) in [6.07, 6.45) is -3.85. The van der Waals surface area contributed by atoms with Crippen molar-refractivity contribution in [2.24, 2.45) is 5.73 Å². The van der Waals surface area contributed by atoms with Gasteiger partial charge in [0.25, 0.3) is 0 Å². The number of carbonyl (C=O) groups excluding carboxylic acids is 1. The molecule has 2 rings (SSSR count). The molecule has 2 aliphatic heterocycles. The molecule has 0 bridgehead atoms. The molecule has 0 aliphatic carbocycles. The number of hydrogen-bond donors (Lipinski definition) is 5. The standard InChI is InChI=1S/C9H14BrN3O5/c10-3-1-13(9(17)12-7(3)11)8-6(16)5(15)4(2-14)18-8/h1,4-8,14-16H,2,11H2,(H,12,17)/t4-,5+,6+,7+,8+/m0/s1. The normalized spacial score (nSPS) is 40.7. The van der Waals surface area contributed by atoms with Crippen LogP contribution in [0.3, 0.4) is 0 Å². The minimum Gasteiger partial charge on any atom is -0.394 e. The molecule has 6 N–H and O–H groups in total. The summed E-state index contributed by atoms with van der Waals surface area (Å²) in [7, 11) is 0. The Morgan fingerprint density at radius 2 is 2.17 bits per heavy atom. The average molecular weight is 324 g/mol. The summed E-state index contributed by atoms with van der Waals surface area (Å²) < 4.78 is 5.74. The van der Waals surface area contributed by atoms with Gasteiger partial charge in [-0.3, -0.25) is 4.90 Å². The molecule has 102 valence electrons. The van der Waals surface area contributed by atoms with Crippen LogP contribution in [-0.2, 0) is 4.74 Å². The molecule has 0 radical (unpaired) electrons. The maximum absolute atomic E-state index is 11.7. The molecule has 18 heavy (non-hydrogen) atoms. The molecular formula is C9H14BrN3O5. The van der Waals surface area contributed by atoms with Gasteiger partial charge in [0, 0.05) is 10.7 Å². The molecule has 2 amide bonds. The molecule has 0 spiro atoms. The van der Waals surface area contributed by atoms with Crippen molar-refractivity contribution in [3.05, 3.63) is 10.7 Å². The van der Waals surface area contributed by atoms with Gasteiger partial charge in [-0.15, -0.1) is 0 Å². The van der Waals surface area contributed by atoms with Gasteiger partial charge in [0.1, 0.15) is 24.5 Å². The van der Waals surface area contributed by atoms with Crippen LogP contribution < -0.4 is 11.1 Å². The second-order valence-corrected chi connectivity index (χ2v) is 4.99. The van der Waals surface area contributed by atoms with E-state index in [1.54, 1.807) is 0 Å². The van der Waals surface area contributed by atoms with Crippen LogP contribution in [-0.4, -0.2) is 63.6 Å². The van der Waals surface area contributed by atoms with Crippen molar-refractivity contribution in [1.29, 1.82) is 0 Å². The number of carbonyl (C=O) groups is 1. The number of halogens is 1. The number of amides is 2. The number of aliphatic hydroxyl groups is 3. The molecule has 1 fully saturated rings. The van der Waals surface area contributed by atoms with Crippen molar-refractivity contribution in [3.8, 4) is 0 Å². The Kier molecular flexibility index (Phi) is 3.90. The molecule has 0 saturated carbocycles. The number of nitrogens with one attached hydrogen (secondary N) is 1. The highest BCUT2D eigenvalue weighted by atomic mass is 79.9. The van der Waals surface area contributed by atoms with Gasteiger partial charge in [-0.05, 0) is 0 Å². The lowest BCUT2D eigenvalue weighted by Crippen LogP contribution is -2.56. The van der Waals surface area contributed by atoms with E-state index in [0.29, 0.717) is 4.48 Å². The number of nitrogens with zero attached hydrogens (tertiary/aromatic N) is 1. The van der Waals surface area contributed by atoms with E-state index >= 15 is 0 Å². The number of nitrogens with two attached hydrogens (primary N) is 1. The topological polar surface area (TPSA) is 128 Å². The summed E-state index contributed by atoms with van der Waals surface area (Å²) in [5.41, 5.74) is 5.58. The highest BCUT2D eigenvalue weighted by molar-refractivity contribution is 9.11. The third kappa shape index (κ3) is 2.25. The third-order valence-electron chi connectivity index (χ3n) is 2.86. The smallest absolute Gasteiger partial charge is 0.325 e. The largest absolute Gasteiger partial charge is 0.394 e. The monoisotopic (exact) mass is 323 g/mol. The Bertz CT molecular complexity index is 379. The van der Waals surface area contributed by atoms with Crippen molar-refractivity contribution < 1.29 is 24.9 Å². The fourth-order valence-corrected chi connectivity index (χ4v) is 2.18. The maximum Gasteiger partial charge on any atom is 0.325 e. The highest BCUT2D eigenvalue weighted by Gasteiger charge is 2.47. The van der Waals surface area contributed by atoms with E-state index in [1.807, 2.05) is 0 Å². The van der Waals surface area contributed by atoms with Crippen LogP contribution in [0.25, 0.3) is 0 Å². The van der Waals surface area contributed by atoms with Crippen LogP contribution in [0.2, 0.25) is 0 Å². The predicted octanol–water partition coefficient (Wildman–Crippen LogP) is -2.03. The Morgan fingerprint density at radius 3 is 2.72 bits per heavy atom. The Labute approximate surface area is 111 Å². The first-order valence-electron chi connectivity index (χ1n) is 5.29. The molecule has 1 saturated heterocycles. The Hall–Kier alpha value is -0.710. The molecule has 2 aliphatic rings. The Balaban J connectivity index is 2.19. The third-order valence-corrected chi connectivity index (χ3v) is 3.56. The van der Waals surface area contributed by atoms with Crippen LogP contribution in [0.15, 0.2) is 10.7 Å². The second kappa shape index (κ2) is 5.11. The van der Waals surface area contributed by atoms with Gasteiger partial charge in [-0.2, -0.15) is 0 Å². The Morgan fingerprint density at radius 1 is 1.50 bits per heavy atom. The zero-order valence-corrected chi connectivity index (χ0v) is 10.8. The molecule has 2 heterocycles. The molecule has 0 aromatic heterocycles. The quantitative estimate of drug-likeness (QED) is 0.399. The van der Waals surface area contributed by atoms with Gasteiger partial charge in [0.15, 0.2) is 6.23 Å². The van der Waals surface area contributed by atoms with Gasteiger partial charge >= 0.3 is 6.03 Å². The van der Waals surface area contributed by atoms with Gasteiger partial charge in [0.05, 0.1) is 6.61 Å². The summed E-state index contributed by atoms with van der Waals surface area (Å²) >= 11 is 3.17. The van der Waals surface area contributed by atoms with E-state index in [2.05, 4.69) is 21.2 Å². The molecule has 0 aromatic rings. The number of rotatable bonds is 2. The zero-order chi connectivity index (χ0) is 13.4. The van der Waals surface area contributed by atoms with E-state index in [9.17, 15) is 15.0 Å². The minimum atomic E-state index is -1.31. The molecule has 5 atom stereocenters. The summed E-state index contributed by atoms with van der Waals surface area (Å²) in [6.45, 7) is -0.450. The van der Waals surface area contributed by atoms with Crippen LogP contribution in [0.4, 0.5) is 4.79 Å². The van der Waals surface area contributed by atoms with E-state index in [1.165, 1.54) is 6.20 Å². The zero-order valence-electron chi connectivity index (χ0n) is 9.23. The predicted molar refractivity (Wildman–Crippen MR) is 63.1 cm³/mol. The van der Waals surface area contributed by atoms with Crippen molar-refractivity contribution in [1.82, 2.24) is 10.2 Å². The minimum absolute atomic E-state index is 0.450. The fourth-order valence-electron chi connectivity index (χ4n) is 1.85. The first-order valence-corrected chi connectivity index (χ1v) is 6.09. The SMILES string of the molecule is N[C@@H]1NC(=O)N([C@@H]2O[C@@H](CO)[C@@H](O)[C@H]2O)C=C1Br. The van der Waals surface area contributed by atoms with Crippen molar-refractivity contribution in [2.75, 3.05) is 6.61 Å². The van der Waals surface area contributed by atoms with Crippen molar-refractivity contribution in [2.45, 2.75) is 30.7 Å².